The summed E-state index contributed by atoms with van der Waals surface area (Å²) in [5, 5.41) is 10.7. The molecule has 26 heavy (non-hydrogen) atoms. The predicted molar refractivity (Wildman–Crippen MR) is 105 cm³/mol. The van der Waals surface area contributed by atoms with Crippen LogP contribution in [0.25, 0.3) is 5.69 Å². The first-order valence-corrected chi connectivity index (χ1v) is 8.72. The molecule has 0 saturated carbocycles. The Kier molecular flexibility index (Phi) is 7.69. The van der Waals surface area contributed by atoms with Gasteiger partial charge in [0.2, 0.25) is 0 Å². The second-order valence-corrected chi connectivity index (χ2v) is 5.97. The minimum atomic E-state index is -0.208. The van der Waals surface area contributed by atoms with Crippen molar-refractivity contribution in [3.8, 4) is 11.4 Å². The lowest BCUT2D eigenvalue weighted by molar-refractivity contribution is 0.0947. The van der Waals surface area contributed by atoms with E-state index in [2.05, 4.69) is 21.8 Å². The number of hydrogen-bond acceptors (Lipinski definition) is 4. The van der Waals surface area contributed by atoms with Gasteiger partial charge < -0.3 is 15.4 Å². The molecule has 6 nitrogen and oxygen atoms in total. The molecule has 1 aromatic heterocycles. The van der Waals surface area contributed by atoms with Gasteiger partial charge in [0.05, 0.1) is 18.5 Å². The Morgan fingerprint density at radius 3 is 2.85 bits per heavy atom. The van der Waals surface area contributed by atoms with Crippen LogP contribution in [-0.4, -0.2) is 41.9 Å². The van der Waals surface area contributed by atoms with Gasteiger partial charge >= 0.3 is 0 Å². The molecule has 7 heteroatoms. The van der Waals surface area contributed by atoms with E-state index in [-0.39, 0.29) is 18.3 Å². The number of amides is 1. The number of halogens is 1. The number of carbonyl (C=O) groups excluding carboxylic acids is 1. The molecule has 2 heterocycles. The predicted octanol–water partition coefficient (Wildman–Crippen LogP) is 2.73. The number of para-hydroxylation sites is 1. The molecule has 0 unspecified atom stereocenters. The SMILES string of the molecule is CCCOc1cn(-c2ccccc2)nc1C(=O)NCC1=CCNCC1.Cl. The van der Waals surface area contributed by atoms with Crippen molar-refractivity contribution in [2.45, 2.75) is 19.8 Å². The Labute approximate surface area is 160 Å². The van der Waals surface area contributed by atoms with Crippen molar-refractivity contribution in [1.82, 2.24) is 20.4 Å². The van der Waals surface area contributed by atoms with Gasteiger partial charge in [-0.1, -0.05) is 36.8 Å². The maximum Gasteiger partial charge on any atom is 0.275 e. The second-order valence-electron chi connectivity index (χ2n) is 5.97. The fraction of sp³-hybridized carbons (Fsp3) is 0.368. The van der Waals surface area contributed by atoms with Gasteiger partial charge in [0, 0.05) is 13.1 Å². The molecule has 0 spiro atoms. The molecular formula is C19H25ClN4O2. The zero-order chi connectivity index (χ0) is 17.5. The van der Waals surface area contributed by atoms with Crippen LogP contribution in [0.5, 0.6) is 5.75 Å². The van der Waals surface area contributed by atoms with Gasteiger partial charge in [-0.2, -0.15) is 5.10 Å². The molecule has 1 aliphatic heterocycles. The Balaban J connectivity index is 0.00000243. The number of nitrogens with zero attached hydrogens (tertiary/aromatic N) is 2. The van der Waals surface area contributed by atoms with Crippen LogP contribution in [0.15, 0.2) is 48.2 Å². The smallest absolute Gasteiger partial charge is 0.275 e. The summed E-state index contributed by atoms with van der Waals surface area (Å²) in [6.07, 6.45) is 5.72. The molecular weight excluding hydrogens is 352 g/mol. The second kappa shape index (κ2) is 9.99. The van der Waals surface area contributed by atoms with Crippen molar-refractivity contribution in [2.75, 3.05) is 26.2 Å². The molecule has 0 radical (unpaired) electrons. The normalized spacial score (nSPS) is 13.5. The van der Waals surface area contributed by atoms with E-state index in [4.69, 9.17) is 4.74 Å². The fourth-order valence-corrected chi connectivity index (χ4v) is 2.65. The topological polar surface area (TPSA) is 68.2 Å². The first-order valence-electron chi connectivity index (χ1n) is 8.72. The molecule has 0 saturated heterocycles. The highest BCUT2D eigenvalue weighted by Crippen LogP contribution is 2.20. The number of hydrogen-bond donors (Lipinski definition) is 2. The van der Waals surface area contributed by atoms with E-state index in [1.807, 2.05) is 37.3 Å². The van der Waals surface area contributed by atoms with Crippen LogP contribution in [0, 0.1) is 0 Å². The average Bonchev–Trinajstić information content (AvgIpc) is 3.10. The molecule has 2 aromatic rings. The van der Waals surface area contributed by atoms with Gasteiger partial charge in [0.15, 0.2) is 11.4 Å². The van der Waals surface area contributed by atoms with Crippen LogP contribution in [0.1, 0.15) is 30.3 Å². The molecule has 2 N–H and O–H groups in total. The van der Waals surface area contributed by atoms with Gasteiger partial charge in [0.25, 0.3) is 5.91 Å². The van der Waals surface area contributed by atoms with Crippen molar-refractivity contribution in [1.29, 1.82) is 0 Å². The molecule has 0 bridgehead atoms. The van der Waals surface area contributed by atoms with E-state index in [9.17, 15) is 4.79 Å². The van der Waals surface area contributed by atoms with E-state index in [0.717, 1.165) is 31.6 Å². The van der Waals surface area contributed by atoms with Crippen molar-refractivity contribution in [3.63, 3.8) is 0 Å². The Morgan fingerprint density at radius 2 is 2.15 bits per heavy atom. The van der Waals surface area contributed by atoms with E-state index in [1.54, 1.807) is 10.9 Å². The summed E-state index contributed by atoms with van der Waals surface area (Å²) in [7, 11) is 0. The monoisotopic (exact) mass is 376 g/mol. The van der Waals surface area contributed by atoms with Crippen molar-refractivity contribution >= 4 is 18.3 Å². The summed E-state index contributed by atoms with van der Waals surface area (Å²) in [6, 6.07) is 9.71. The number of carbonyl (C=O) groups is 1. The molecule has 1 aromatic carbocycles. The number of aromatic nitrogens is 2. The third kappa shape index (κ3) is 5.09. The zero-order valence-electron chi connectivity index (χ0n) is 14.9. The highest BCUT2D eigenvalue weighted by atomic mass is 35.5. The Hall–Kier alpha value is -2.31. The number of benzene rings is 1. The van der Waals surface area contributed by atoms with E-state index < -0.39 is 0 Å². The summed E-state index contributed by atoms with van der Waals surface area (Å²) in [5.74, 6) is 0.308. The molecule has 0 atom stereocenters. The van der Waals surface area contributed by atoms with Gasteiger partial charge in [-0.15, -0.1) is 12.4 Å². The molecule has 3 rings (SSSR count). The standard InChI is InChI=1S/C19H24N4O2.ClH/c1-2-12-25-17-14-23(16-6-4-3-5-7-16)22-18(17)19(24)21-13-15-8-10-20-11-9-15;/h3-8,14,20H,2,9-13H2,1H3,(H,21,24);1H. The lowest BCUT2D eigenvalue weighted by atomic mass is 10.1. The summed E-state index contributed by atoms with van der Waals surface area (Å²) in [5.41, 5.74) is 2.46. The van der Waals surface area contributed by atoms with Crippen LogP contribution in [0.2, 0.25) is 0 Å². The van der Waals surface area contributed by atoms with Gasteiger partial charge in [0.1, 0.15) is 0 Å². The summed E-state index contributed by atoms with van der Waals surface area (Å²) < 4.78 is 7.42. The quantitative estimate of drug-likeness (QED) is 0.729. The summed E-state index contributed by atoms with van der Waals surface area (Å²) in [4.78, 5) is 12.6. The molecule has 1 amide bonds. The maximum absolute atomic E-state index is 12.6. The van der Waals surface area contributed by atoms with Crippen LogP contribution in [0.4, 0.5) is 0 Å². The average molecular weight is 377 g/mol. The number of ether oxygens (including phenoxy) is 1. The lowest BCUT2D eigenvalue weighted by Crippen LogP contribution is -2.30. The Morgan fingerprint density at radius 1 is 1.35 bits per heavy atom. The maximum atomic E-state index is 12.6. The van der Waals surface area contributed by atoms with Crippen LogP contribution >= 0.6 is 12.4 Å². The van der Waals surface area contributed by atoms with Gasteiger partial charge in [-0.25, -0.2) is 4.68 Å². The van der Waals surface area contributed by atoms with E-state index in [0.29, 0.717) is 24.6 Å². The largest absolute Gasteiger partial charge is 0.489 e. The first-order chi connectivity index (χ1) is 12.3. The molecule has 0 fully saturated rings. The minimum absolute atomic E-state index is 0. The Bertz CT molecular complexity index is 743. The van der Waals surface area contributed by atoms with E-state index >= 15 is 0 Å². The highest BCUT2D eigenvalue weighted by Gasteiger charge is 2.19. The first kappa shape index (κ1) is 20.0. The van der Waals surface area contributed by atoms with E-state index in [1.165, 1.54) is 5.57 Å². The fourth-order valence-electron chi connectivity index (χ4n) is 2.65. The molecule has 1 aliphatic rings. The molecule has 0 aliphatic carbocycles. The highest BCUT2D eigenvalue weighted by molar-refractivity contribution is 5.95. The van der Waals surface area contributed by atoms with Gasteiger partial charge in [-0.3, -0.25) is 4.79 Å². The van der Waals surface area contributed by atoms with Gasteiger partial charge in [-0.05, 0) is 31.5 Å². The van der Waals surface area contributed by atoms with Crippen LogP contribution < -0.4 is 15.4 Å². The van der Waals surface area contributed by atoms with Crippen LogP contribution in [0.3, 0.4) is 0 Å². The van der Waals surface area contributed by atoms with Crippen LogP contribution in [-0.2, 0) is 0 Å². The zero-order valence-corrected chi connectivity index (χ0v) is 15.7. The number of nitrogens with one attached hydrogen (secondary N) is 2. The molecule has 140 valence electrons. The lowest BCUT2D eigenvalue weighted by Gasteiger charge is -2.14. The summed E-state index contributed by atoms with van der Waals surface area (Å²) in [6.45, 7) is 4.95. The summed E-state index contributed by atoms with van der Waals surface area (Å²) >= 11 is 0. The van der Waals surface area contributed by atoms with Crippen molar-refractivity contribution in [2.24, 2.45) is 0 Å². The minimum Gasteiger partial charge on any atom is -0.489 e. The van der Waals surface area contributed by atoms with Crippen molar-refractivity contribution < 1.29 is 9.53 Å². The third-order valence-corrected chi connectivity index (χ3v) is 4.01. The van der Waals surface area contributed by atoms with Crippen molar-refractivity contribution in [3.05, 3.63) is 53.9 Å². The third-order valence-electron chi connectivity index (χ3n) is 4.01. The number of rotatable bonds is 7.